The fourth-order valence-electron chi connectivity index (χ4n) is 5.86. The zero-order valence-electron chi connectivity index (χ0n) is 26.9. The molecule has 236 valence electrons. The second kappa shape index (κ2) is 11.3. The van der Waals surface area contributed by atoms with Crippen molar-refractivity contribution in [3.63, 3.8) is 0 Å². The highest BCUT2D eigenvalue weighted by Gasteiger charge is 2.58. The summed E-state index contributed by atoms with van der Waals surface area (Å²) in [5.74, 6) is -1.50. The van der Waals surface area contributed by atoms with E-state index in [-0.39, 0.29) is 22.8 Å². The van der Waals surface area contributed by atoms with Crippen molar-refractivity contribution in [2.24, 2.45) is 16.8 Å². The molecule has 0 saturated carbocycles. The molecule has 0 fully saturated rings. The highest BCUT2D eigenvalue weighted by molar-refractivity contribution is 6.01. The average molecular weight is 621 g/mol. The van der Waals surface area contributed by atoms with Crippen LogP contribution in [0.25, 0.3) is 10.8 Å². The van der Waals surface area contributed by atoms with E-state index in [1.807, 2.05) is 43.6 Å². The van der Waals surface area contributed by atoms with E-state index < -0.39 is 40.9 Å². The number of hydrogen-bond acceptors (Lipinski definition) is 9. The highest BCUT2D eigenvalue weighted by Crippen LogP contribution is 2.54. The Morgan fingerprint density at radius 3 is 2.04 bits per heavy atom. The summed E-state index contributed by atoms with van der Waals surface area (Å²) in [5, 5.41) is 1.64. The minimum atomic E-state index is -0.831. The Morgan fingerprint density at radius 1 is 0.783 bits per heavy atom. The smallest absolute Gasteiger partial charge is 0.343 e. The summed E-state index contributed by atoms with van der Waals surface area (Å²) in [6.07, 6.45) is 1.86. The number of likely N-dealkylation sites (N-methyl/N-ethyl adjacent to an activating group) is 1. The fourth-order valence-corrected chi connectivity index (χ4v) is 5.86. The van der Waals surface area contributed by atoms with Gasteiger partial charge in [-0.2, -0.15) is 0 Å². The Labute approximate surface area is 267 Å². The van der Waals surface area contributed by atoms with Gasteiger partial charge in [0.15, 0.2) is 0 Å². The van der Waals surface area contributed by atoms with Gasteiger partial charge in [-0.25, -0.2) is 4.79 Å². The minimum absolute atomic E-state index is 0.0464. The fraction of sp³-hybridized carbons (Fsp3) is 0.297. The monoisotopic (exact) mass is 620 g/mol. The van der Waals surface area contributed by atoms with E-state index in [2.05, 4.69) is 30.9 Å². The molecule has 1 atom stereocenters. The molecule has 0 radical (unpaired) electrons. The summed E-state index contributed by atoms with van der Waals surface area (Å²) in [7, 11) is 2.01. The number of para-hydroxylation sites is 1. The Kier molecular flexibility index (Phi) is 7.58. The molecular weight excluding hydrogens is 584 g/mol. The summed E-state index contributed by atoms with van der Waals surface area (Å²) in [5.41, 5.74) is 1.71. The van der Waals surface area contributed by atoms with Crippen molar-refractivity contribution in [2.45, 2.75) is 52.7 Å². The van der Waals surface area contributed by atoms with Crippen LogP contribution in [0.2, 0.25) is 0 Å². The van der Waals surface area contributed by atoms with Crippen molar-refractivity contribution in [3.05, 3.63) is 83.9 Å². The lowest BCUT2D eigenvalue weighted by Crippen LogP contribution is -2.61. The van der Waals surface area contributed by atoms with Crippen molar-refractivity contribution in [3.8, 4) is 23.0 Å². The summed E-state index contributed by atoms with van der Waals surface area (Å²) in [6, 6.07) is 21.6. The number of anilines is 1. The first kappa shape index (κ1) is 30.8. The maximum atomic E-state index is 13.4. The van der Waals surface area contributed by atoms with Crippen LogP contribution in [0.5, 0.6) is 23.0 Å². The van der Waals surface area contributed by atoms with Crippen LogP contribution in [0.4, 0.5) is 11.4 Å². The number of nitrogens with zero attached hydrogens (tertiary/aromatic N) is 2. The molecule has 2 aliphatic heterocycles. The predicted octanol–water partition coefficient (Wildman–Crippen LogP) is 7.40. The van der Waals surface area contributed by atoms with Crippen LogP contribution in [-0.4, -0.2) is 36.9 Å². The molecular formula is C37H36N2O7. The standard InChI is InChI=1S/C37H36N2O7/c1-21(2)33(40)44-26-16-24(17-27(18-26)45-34(41)22(3)4)35(42)43-25-14-12-23-13-15-31-32(28(23)19-25)38-20-37(46-31)36(5,6)29-10-8-9-11-30(29)39(37)7/h8-22H,1-7H3. The molecule has 4 aromatic carbocycles. The van der Waals surface area contributed by atoms with E-state index in [0.717, 1.165) is 16.5 Å². The van der Waals surface area contributed by atoms with Crippen molar-refractivity contribution >= 4 is 46.3 Å². The molecule has 4 aromatic rings. The second-order valence-electron chi connectivity index (χ2n) is 12.8. The molecule has 0 N–H and O–H groups in total. The first-order valence-electron chi connectivity index (χ1n) is 15.3. The van der Waals surface area contributed by atoms with Gasteiger partial charge < -0.3 is 23.8 Å². The van der Waals surface area contributed by atoms with Crippen molar-refractivity contribution < 1.29 is 33.3 Å². The van der Waals surface area contributed by atoms with Crippen molar-refractivity contribution in [2.75, 3.05) is 11.9 Å². The van der Waals surface area contributed by atoms with Gasteiger partial charge in [0.25, 0.3) is 0 Å². The number of fused-ring (bicyclic) bond motifs is 4. The van der Waals surface area contributed by atoms with Gasteiger partial charge in [0, 0.05) is 24.2 Å². The van der Waals surface area contributed by atoms with E-state index in [1.165, 1.54) is 23.8 Å². The molecule has 2 heterocycles. The highest BCUT2D eigenvalue weighted by atomic mass is 16.6. The largest absolute Gasteiger partial charge is 0.459 e. The Balaban J connectivity index is 1.31. The van der Waals surface area contributed by atoms with E-state index in [9.17, 15) is 14.4 Å². The lowest BCUT2D eigenvalue weighted by Gasteiger charge is -2.45. The van der Waals surface area contributed by atoms with Gasteiger partial charge in [-0.3, -0.25) is 14.6 Å². The summed E-state index contributed by atoms with van der Waals surface area (Å²) in [6.45, 7) is 11.1. The number of ether oxygens (including phenoxy) is 4. The molecule has 2 aliphatic rings. The van der Waals surface area contributed by atoms with Crippen LogP contribution in [0.15, 0.2) is 77.8 Å². The zero-order valence-corrected chi connectivity index (χ0v) is 26.9. The van der Waals surface area contributed by atoms with Gasteiger partial charge in [0.05, 0.1) is 29.0 Å². The molecule has 9 nitrogen and oxygen atoms in total. The maximum Gasteiger partial charge on any atom is 0.343 e. The Bertz CT molecular complexity index is 1890. The molecule has 9 heteroatoms. The Morgan fingerprint density at radius 2 is 1.41 bits per heavy atom. The minimum Gasteiger partial charge on any atom is -0.459 e. The number of carbonyl (C=O) groups excluding carboxylic acids is 3. The SMILES string of the molecule is CC(C)C(=O)Oc1cc(OC(=O)C(C)C)cc(C(=O)Oc2ccc3ccc4c(c3c2)N=CC2(O4)N(C)c3ccccc3C2(C)C)c1. The Hall–Kier alpha value is -5.18. The topological polar surface area (TPSA) is 104 Å². The third kappa shape index (κ3) is 5.15. The first-order valence-corrected chi connectivity index (χ1v) is 15.3. The molecule has 0 aromatic heterocycles. The second-order valence-corrected chi connectivity index (χ2v) is 12.8. The normalized spacial score (nSPS) is 17.5. The van der Waals surface area contributed by atoms with E-state index in [0.29, 0.717) is 11.4 Å². The van der Waals surface area contributed by atoms with E-state index >= 15 is 0 Å². The van der Waals surface area contributed by atoms with Crippen molar-refractivity contribution in [1.29, 1.82) is 0 Å². The van der Waals surface area contributed by atoms with Crippen molar-refractivity contribution in [1.82, 2.24) is 0 Å². The third-order valence-electron chi connectivity index (χ3n) is 8.60. The molecule has 0 saturated heterocycles. The predicted molar refractivity (Wildman–Crippen MR) is 176 cm³/mol. The van der Waals surface area contributed by atoms with Gasteiger partial charge in [-0.1, -0.05) is 58.0 Å². The van der Waals surface area contributed by atoms with Crippen LogP contribution in [0.3, 0.4) is 0 Å². The van der Waals surface area contributed by atoms with Crippen LogP contribution in [0.1, 0.15) is 57.5 Å². The number of benzene rings is 4. The van der Waals surface area contributed by atoms with Crippen LogP contribution in [-0.2, 0) is 15.0 Å². The van der Waals surface area contributed by atoms with Gasteiger partial charge in [0.2, 0.25) is 5.72 Å². The number of esters is 3. The number of rotatable bonds is 6. The van der Waals surface area contributed by atoms with Crippen LogP contribution >= 0.6 is 0 Å². The number of hydrogen-bond donors (Lipinski definition) is 0. The molecule has 6 rings (SSSR count). The summed E-state index contributed by atoms with van der Waals surface area (Å²) < 4.78 is 23.4. The number of aliphatic imine (C=N–C) groups is 1. The summed E-state index contributed by atoms with van der Waals surface area (Å²) >= 11 is 0. The average Bonchev–Trinajstić information content (AvgIpc) is 3.18. The van der Waals surface area contributed by atoms with Gasteiger partial charge in [0.1, 0.15) is 28.7 Å². The van der Waals surface area contributed by atoms with E-state index in [1.54, 1.807) is 39.8 Å². The molecule has 46 heavy (non-hydrogen) atoms. The quantitative estimate of drug-likeness (QED) is 0.162. The van der Waals surface area contributed by atoms with Crippen LogP contribution < -0.4 is 23.8 Å². The molecule has 0 amide bonds. The van der Waals surface area contributed by atoms with E-state index in [4.69, 9.17) is 23.9 Å². The first-order chi connectivity index (χ1) is 21.8. The molecule has 1 spiro atoms. The zero-order chi connectivity index (χ0) is 33.0. The van der Waals surface area contributed by atoms with Gasteiger partial charge >= 0.3 is 17.9 Å². The third-order valence-corrected chi connectivity index (χ3v) is 8.60. The lowest BCUT2D eigenvalue weighted by atomic mass is 9.77. The van der Waals surface area contributed by atoms with Gasteiger partial charge in [-0.05, 0) is 61.2 Å². The molecule has 1 unspecified atom stereocenters. The molecule has 0 aliphatic carbocycles. The maximum absolute atomic E-state index is 13.4. The van der Waals surface area contributed by atoms with Crippen LogP contribution in [0, 0.1) is 11.8 Å². The lowest BCUT2D eigenvalue weighted by molar-refractivity contribution is -0.138. The van der Waals surface area contributed by atoms with Gasteiger partial charge in [-0.15, -0.1) is 0 Å². The molecule has 0 bridgehead atoms. The number of carbonyl (C=O) groups is 3. The summed E-state index contributed by atoms with van der Waals surface area (Å²) in [4.78, 5) is 45.0.